The second-order valence-electron chi connectivity index (χ2n) is 9.05. The van der Waals surface area contributed by atoms with Crippen molar-refractivity contribution < 1.29 is 27.4 Å². The lowest BCUT2D eigenvalue weighted by molar-refractivity contribution is -0.0748. The van der Waals surface area contributed by atoms with Crippen LogP contribution < -0.4 is 0 Å². The highest BCUT2D eigenvalue weighted by Crippen LogP contribution is 2.31. The summed E-state index contributed by atoms with van der Waals surface area (Å²) in [7, 11) is -0.706. The van der Waals surface area contributed by atoms with Crippen molar-refractivity contribution >= 4 is 49.8 Å². The molecule has 0 bridgehead atoms. The first-order valence-corrected chi connectivity index (χ1v) is 14.6. The third-order valence-corrected chi connectivity index (χ3v) is 9.97. The highest BCUT2D eigenvalue weighted by molar-refractivity contribution is 7.89. The maximum atomic E-state index is 13.6. The van der Waals surface area contributed by atoms with Crippen molar-refractivity contribution in [3.8, 4) is 0 Å². The van der Waals surface area contributed by atoms with Crippen LogP contribution in [-0.2, 0) is 43.8 Å². The number of aromatic nitrogens is 2. The first-order chi connectivity index (χ1) is 17.8. The van der Waals surface area contributed by atoms with Crippen LogP contribution in [0.5, 0.6) is 0 Å². The molecular weight excluding hydrogens is 540 g/mol. The fourth-order valence-corrected chi connectivity index (χ4v) is 7.77. The van der Waals surface area contributed by atoms with Crippen LogP contribution >= 0.6 is 22.9 Å². The quantitative estimate of drug-likeness (QED) is 0.385. The monoisotopic (exact) mass is 568 g/mol. The first-order valence-electron chi connectivity index (χ1n) is 12.0. The van der Waals surface area contributed by atoms with Crippen molar-refractivity contribution in [3.05, 3.63) is 44.9 Å². The number of hydrogen-bond acceptors (Lipinski definition) is 8. The van der Waals surface area contributed by atoms with E-state index in [9.17, 15) is 13.2 Å². The predicted molar refractivity (Wildman–Crippen MR) is 140 cm³/mol. The zero-order valence-corrected chi connectivity index (χ0v) is 23.1. The number of nitrogens with zero attached hydrogens (tertiary/aromatic N) is 4. The van der Waals surface area contributed by atoms with E-state index in [1.54, 1.807) is 40.8 Å². The maximum absolute atomic E-state index is 13.6. The van der Waals surface area contributed by atoms with Crippen LogP contribution in [0.1, 0.15) is 26.8 Å². The molecule has 1 fully saturated rings. The molecule has 0 N–H and O–H groups in total. The smallest absolute Gasteiger partial charge is 0.282 e. The number of thiazole rings is 1. The van der Waals surface area contributed by atoms with Crippen LogP contribution in [0.25, 0.3) is 10.9 Å². The number of hydrogen-bond donors (Lipinski definition) is 0. The van der Waals surface area contributed by atoms with Crippen LogP contribution in [0, 0.1) is 0 Å². The molecule has 200 valence electrons. The standard InChI is InChI=1S/C24H29ClN4O6S2/c1-33-14-29-20-6-3-17(25)11-16(20)12-22(29)37(31,32)28-9-7-27(8-10-28)24(30)23-26-19-5-4-18(35-15-34-2)13-21(19)36-23/h3,6,11-12,18H,4-5,7-10,13-15H2,1-2H3. The molecule has 2 aliphatic rings. The fraction of sp³-hybridized carbons (Fsp3) is 0.500. The van der Waals surface area contributed by atoms with Gasteiger partial charge in [0.15, 0.2) is 10.0 Å². The van der Waals surface area contributed by atoms with Gasteiger partial charge in [-0.1, -0.05) is 11.6 Å². The van der Waals surface area contributed by atoms with Gasteiger partial charge in [-0.2, -0.15) is 4.31 Å². The van der Waals surface area contributed by atoms with E-state index in [1.165, 1.54) is 22.8 Å². The summed E-state index contributed by atoms with van der Waals surface area (Å²) in [5, 5.41) is 1.84. The molecule has 13 heteroatoms. The minimum absolute atomic E-state index is 0.0642. The Kier molecular flexibility index (Phi) is 7.87. The summed E-state index contributed by atoms with van der Waals surface area (Å²) in [6, 6.07) is 6.86. The van der Waals surface area contributed by atoms with Gasteiger partial charge in [0.2, 0.25) is 0 Å². The number of benzene rings is 1. The first kappa shape index (κ1) is 26.5. The molecule has 1 saturated heterocycles. The molecule has 0 spiro atoms. The number of sulfonamides is 1. The van der Waals surface area contributed by atoms with E-state index in [-0.39, 0.29) is 56.7 Å². The molecule has 37 heavy (non-hydrogen) atoms. The van der Waals surface area contributed by atoms with E-state index in [4.69, 9.17) is 25.8 Å². The summed E-state index contributed by atoms with van der Waals surface area (Å²) < 4.78 is 46.2. The molecular formula is C24H29ClN4O6S2. The van der Waals surface area contributed by atoms with Crippen LogP contribution in [-0.4, -0.2) is 86.4 Å². The molecule has 1 amide bonds. The van der Waals surface area contributed by atoms with Gasteiger partial charge in [0.25, 0.3) is 15.9 Å². The molecule has 0 radical (unpaired) electrons. The Morgan fingerprint density at radius 3 is 2.68 bits per heavy atom. The molecule has 1 atom stereocenters. The second-order valence-corrected chi connectivity index (χ2v) is 12.5. The molecule has 1 aliphatic carbocycles. The van der Waals surface area contributed by atoms with E-state index < -0.39 is 10.0 Å². The van der Waals surface area contributed by atoms with E-state index in [0.29, 0.717) is 10.0 Å². The van der Waals surface area contributed by atoms with E-state index in [1.807, 2.05) is 0 Å². The van der Waals surface area contributed by atoms with Gasteiger partial charge in [-0.3, -0.25) is 4.79 Å². The van der Waals surface area contributed by atoms with E-state index in [2.05, 4.69) is 4.98 Å². The average Bonchev–Trinajstić information content (AvgIpc) is 3.48. The molecule has 3 aromatic rings. The van der Waals surface area contributed by atoms with Crippen molar-refractivity contribution in [2.75, 3.05) is 47.2 Å². The number of carbonyl (C=O) groups excluding carboxylic acids is 1. The Balaban J connectivity index is 1.28. The second kappa shape index (κ2) is 11.0. The van der Waals surface area contributed by atoms with Crippen LogP contribution in [0.3, 0.4) is 0 Å². The van der Waals surface area contributed by atoms with Gasteiger partial charge in [0.05, 0.1) is 17.3 Å². The van der Waals surface area contributed by atoms with Gasteiger partial charge in [-0.15, -0.1) is 11.3 Å². The van der Waals surface area contributed by atoms with Crippen LogP contribution in [0.4, 0.5) is 0 Å². The Labute approximate surface area is 224 Å². The number of carbonyl (C=O) groups is 1. The van der Waals surface area contributed by atoms with Crippen molar-refractivity contribution in [1.29, 1.82) is 0 Å². The van der Waals surface area contributed by atoms with Gasteiger partial charge in [0.1, 0.15) is 13.5 Å². The van der Waals surface area contributed by atoms with Crippen LogP contribution in [0.15, 0.2) is 29.3 Å². The minimum Gasteiger partial charge on any atom is -0.364 e. The number of methoxy groups -OCH3 is 2. The Morgan fingerprint density at radius 1 is 1.16 bits per heavy atom. The largest absolute Gasteiger partial charge is 0.364 e. The van der Waals surface area contributed by atoms with Crippen molar-refractivity contribution in [2.45, 2.75) is 37.1 Å². The fourth-order valence-electron chi connectivity index (χ4n) is 4.83. The molecule has 1 unspecified atom stereocenters. The van der Waals surface area contributed by atoms with Gasteiger partial charge < -0.3 is 23.7 Å². The highest BCUT2D eigenvalue weighted by Gasteiger charge is 2.34. The van der Waals surface area contributed by atoms with E-state index in [0.717, 1.165) is 40.7 Å². The van der Waals surface area contributed by atoms with Crippen molar-refractivity contribution in [3.63, 3.8) is 0 Å². The zero-order chi connectivity index (χ0) is 26.2. The molecule has 5 rings (SSSR count). The number of amides is 1. The van der Waals surface area contributed by atoms with Gasteiger partial charge in [-0.25, -0.2) is 13.4 Å². The minimum atomic E-state index is -3.82. The number of aryl methyl sites for hydroxylation is 1. The number of rotatable bonds is 8. The number of halogens is 1. The predicted octanol–water partition coefficient (Wildman–Crippen LogP) is 2.98. The van der Waals surface area contributed by atoms with E-state index >= 15 is 0 Å². The SMILES string of the molecule is COCOC1CCc2nc(C(=O)N3CCN(S(=O)(=O)c4cc5cc(Cl)ccc5n4COC)CC3)sc2C1. The Hall–Kier alpha value is -2.06. The lowest BCUT2D eigenvalue weighted by Gasteiger charge is -2.33. The van der Waals surface area contributed by atoms with Crippen LogP contribution in [0.2, 0.25) is 5.02 Å². The summed E-state index contributed by atoms with van der Waals surface area (Å²) in [4.78, 5) is 20.6. The Morgan fingerprint density at radius 2 is 1.95 bits per heavy atom. The highest BCUT2D eigenvalue weighted by atomic mass is 35.5. The molecule has 3 heterocycles. The molecule has 0 saturated carbocycles. The summed E-state index contributed by atoms with van der Waals surface area (Å²) in [6.45, 7) is 1.31. The number of piperazine rings is 1. The molecule has 10 nitrogen and oxygen atoms in total. The Bertz CT molecular complexity index is 1400. The summed E-state index contributed by atoms with van der Waals surface area (Å²) in [5.74, 6) is -0.158. The molecule has 1 aromatic carbocycles. The maximum Gasteiger partial charge on any atom is 0.282 e. The molecule has 1 aliphatic heterocycles. The lowest BCUT2D eigenvalue weighted by atomic mass is 10.0. The van der Waals surface area contributed by atoms with Gasteiger partial charge in [-0.05, 0) is 37.1 Å². The topological polar surface area (TPSA) is 103 Å². The summed E-state index contributed by atoms with van der Waals surface area (Å²) >= 11 is 7.53. The number of fused-ring (bicyclic) bond motifs is 2. The third kappa shape index (κ3) is 5.29. The normalized spacial score (nSPS) is 18.9. The summed E-state index contributed by atoms with van der Waals surface area (Å²) in [5.41, 5.74) is 1.68. The lowest BCUT2D eigenvalue weighted by Crippen LogP contribution is -2.50. The van der Waals surface area contributed by atoms with Gasteiger partial charge >= 0.3 is 0 Å². The van der Waals surface area contributed by atoms with Gasteiger partial charge in [0, 0.05) is 62.1 Å². The molecule has 2 aromatic heterocycles. The van der Waals surface area contributed by atoms with Crippen molar-refractivity contribution in [1.82, 2.24) is 18.8 Å². The average molecular weight is 569 g/mol. The van der Waals surface area contributed by atoms with Crippen molar-refractivity contribution in [2.24, 2.45) is 0 Å². The number of ether oxygens (including phenoxy) is 3. The summed E-state index contributed by atoms with van der Waals surface area (Å²) in [6.07, 6.45) is 2.39. The zero-order valence-electron chi connectivity index (χ0n) is 20.7. The third-order valence-electron chi connectivity index (χ3n) is 6.71.